The van der Waals surface area contributed by atoms with E-state index in [1.54, 1.807) is 0 Å². The molecule has 0 amide bonds. The predicted octanol–water partition coefficient (Wildman–Crippen LogP) is 1.67. The van der Waals surface area contributed by atoms with Crippen molar-refractivity contribution in [3.8, 4) is 0 Å². The zero-order valence-electron chi connectivity index (χ0n) is 8.60. The number of hydrogen-bond donors (Lipinski definition) is 2. The molecule has 1 aromatic carbocycles. The van der Waals surface area contributed by atoms with Crippen LogP contribution >= 0.6 is 0 Å². The van der Waals surface area contributed by atoms with E-state index in [0.29, 0.717) is 0 Å². The smallest absolute Gasteiger partial charge is 0.320 e. The number of rotatable bonds is 2. The lowest BCUT2D eigenvalue weighted by molar-refractivity contribution is -0.138. The third-order valence-corrected chi connectivity index (χ3v) is 1.64. The van der Waals surface area contributed by atoms with E-state index in [4.69, 9.17) is 10.8 Å². The lowest BCUT2D eigenvalue weighted by Gasteiger charge is -1.90. The van der Waals surface area contributed by atoms with Gasteiger partial charge in [-0.05, 0) is 18.9 Å². The highest BCUT2D eigenvalue weighted by Gasteiger charge is 1.99. The van der Waals surface area contributed by atoms with Crippen LogP contribution in [-0.2, 0) is 11.2 Å². The average molecular weight is 195 g/mol. The van der Waals surface area contributed by atoms with E-state index in [1.165, 1.54) is 12.5 Å². The maximum absolute atomic E-state index is 9.57. The highest BCUT2D eigenvalue weighted by Crippen LogP contribution is 1.96. The van der Waals surface area contributed by atoms with Crippen LogP contribution in [-0.4, -0.2) is 17.1 Å². The summed E-state index contributed by atoms with van der Waals surface area (Å²) in [5.74, 6) is -0.963. The minimum absolute atomic E-state index is 0.731. The lowest BCUT2D eigenvalue weighted by Crippen LogP contribution is -2.25. The maximum atomic E-state index is 9.57. The van der Waals surface area contributed by atoms with Gasteiger partial charge in [-0.25, -0.2) is 0 Å². The summed E-state index contributed by atoms with van der Waals surface area (Å²) in [6.07, 6.45) is 1.14. The molecule has 3 N–H and O–H groups in total. The quantitative estimate of drug-likeness (QED) is 0.754. The largest absolute Gasteiger partial charge is 0.480 e. The zero-order chi connectivity index (χ0) is 11.0. The van der Waals surface area contributed by atoms with Crippen molar-refractivity contribution in [2.45, 2.75) is 26.3 Å². The summed E-state index contributed by atoms with van der Waals surface area (Å²) in [7, 11) is 0. The minimum atomic E-state index is -0.963. The van der Waals surface area contributed by atoms with E-state index in [9.17, 15) is 4.79 Å². The van der Waals surface area contributed by atoms with Crippen molar-refractivity contribution in [1.29, 1.82) is 0 Å². The van der Waals surface area contributed by atoms with Crippen LogP contribution in [0.1, 0.15) is 19.4 Å². The Kier molecular flexibility index (Phi) is 6.41. The fraction of sp³-hybridized carbons (Fsp3) is 0.364. The van der Waals surface area contributed by atoms with Gasteiger partial charge in [0.15, 0.2) is 0 Å². The molecule has 1 rings (SSSR count). The van der Waals surface area contributed by atoms with Crippen LogP contribution in [0.2, 0.25) is 0 Å². The third kappa shape index (κ3) is 6.20. The van der Waals surface area contributed by atoms with Crippen molar-refractivity contribution in [3.63, 3.8) is 0 Å². The Hall–Kier alpha value is -1.35. The molecule has 1 aromatic rings. The SMILES string of the molecule is CC(N)C(=O)O.CCc1ccccc1. The number of nitrogens with two attached hydrogens (primary N) is 1. The Labute approximate surface area is 84.6 Å². The molecule has 14 heavy (non-hydrogen) atoms. The Morgan fingerprint density at radius 1 is 1.43 bits per heavy atom. The average Bonchev–Trinajstić information content (AvgIpc) is 2.20. The van der Waals surface area contributed by atoms with Crippen molar-refractivity contribution in [2.75, 3.05) is 0 Å². The molecule has 0 heterocycles. The lowest BCUT2D eigenvalue weighted by atomic mass is 10.2. The first kappa shape index (κ1) is 12.7. The van der Waals surface area contributed by atoms with Crippen LogP contribution in [0.5, 0.6) is 0 Å². The van der Waals surface area contributed by atoms with Gasteiger partial charge < -0.3 is 10.8 Å². The van der Waals surface area contributed by atoms with Gasteiger partial charge in [0.1, 0.15) is 6.04 Å². The van der Waals surface area contributed by atoms with Crippen molar-refractivity contribution in [3.05, 3.63) is 35.9 Å². The Morgan fingerprint density at radius 3 is 2.07 bits per heavy atom. The summed E-state index contributed by atoms with van der Waals surface area (Å²) in [4.78, 5) is 9.57. The standard InChI is InChI=1S/C8H10.C3H7NO2/c1-2-8-6-4-3-5-7-8;1-2(4)3(5)6/h3-7H,2H2,1H3;2H,4H2,1H3,(H,5,6). The van der Waals surface area contributed by atoms with Gasteiger partial charge in [-0.1, -0.05) is 37.3 Å². The highest BCUT2D eigenvalue weighted by atomic mass is 16.4. The molecular formula is C11H17NO2. The molecule has 0 radical (unpaired) electrons. The number of aryl methyl sites for hydroxylation is 1. The van der Waals surface area contributed by atoms with Gasteiger partial charge in [0.2, 0.25) is 0 Å². The number of benzene rings is 1. The van der Waals surface area contributed by atoms with E-state index in [1.807, 2.05) is 6.07 Å². The van der Waals surface area contributed by atoms with Crippen LogP contribution in [0, 0.1) is 0 Å². The second kappa shape index (κ2) is 7.09. The number of carboxylic acid groups (broad SMARTS) is 1. The van der Waals surface area contributed by atoms with Crippen molar-refractivity contribution in [2.24, 2.45) is 5.73 Å². The van der Waals surface area contributed by atoms with Gasteiger partial charge in [0, 0.05) is 0 Å². The molecule has 1 atom stereocenters. The first-order chi connectivity index (χ1) is 6.57. The van der Waals surface area contributed by atoms with Gasteiger partial charge in [-0.2, -0.15) is 0 Å². The summed E-state index contributed by atoms with van der Waals surface area (Å²) in [6, 6.07) is 9.72. The second-order valence-electron chi connectivity index (χ2n) is 2.97. The van der Waals surface area contributed by atoms with Crippen LogP contribution in [0.3, 0.4) is 0 Å². The van der Waals surface area contributed by atoms with Crippen molar-refractivity contribution >= 4 is 5.97 Å². The molecule has 3 heteroatoms. The van der Waals surface area contributed by atoms with Gasteiger partial charge in [-0.15, -0.1) is 0 Å². The molecule has 0 saturated heterocycles. The molecule has 0 saturated carbocycles. The number of carbonyl (C=O) groups is 1. The second-order valence-corrected chi connectivity index (χ2v) is 2.97. The van der Waals surface area contributed by atoms with Crippen molar-refractivity contribution in [1.82, 2.24) is 0 Å². The minimum Gasteiger partial charge on any atom is -0.480 e. The van der Waals surface area contributed by atoms with Crippen LogP contribution in [0.25, 0.3) is 0 Å². The molecule has 3 nitrogen and oxygen atoms in total. The first-order valence-corrected chi connectivity index (χ1v) is 4.60. The van der Waals surface area contributed by atoms with Crippen LogP contribution < -0.4 is 5.73 Å². The first-order valence-electron chi connectivity index (χ1n) is 4.60. The molecule has 0 bridgehead atoms. The molecular weight excluding hydrogens is 178 g/mol. The molecule has 0 aromatic heterocycles. The fourth-order valence-corrected chi connectivity index (χ4v) is 0.714. The van der Waals surface area contributed by atoms with E-state index < -0.39 is 12.0 Å². The monoisotopic (exact) mass is 195 g/mol. The number of aliphatic carboxylic acids is 1. The molecule has 0 aliphatic rings. The Balaban J connectivity index is 0.000000255. The summed E-state index contributed by atoms with van der Waals surface area (Å²) < 4.78 is 0. The Bertz CT molecular complexity index is 257. The third-order valence-electron chi connectivity index (χ3n) is 1.64. The van der Waals surface area contributed by atoms with E-state index in [-0.39, 0.29) is 0 Å². The molecule has 78 valence electrons. The molecule has 0 spiro atoms. The predicted molar refractivity (Wildman–Crippen MR) is 57.1 cm³/mol. The topological polar surface area (TPSA) is 63.3 Å². The summed E-state index contributed by atoms with van der Waals surface area (Å²) in [5.41, 5.74) is 6.25. The normalized spacial score (nSPS) is 11.1. The van der Waals surface area contributed by atoms with E-state index >= 15 is 0 Å². The van der Waals surface area contributed by atoms with Crippen molar-refractivity contribution < 1.29 is 9.90 Å². The highest BCUT2D eigenvalue weighted by molar-refractivity contribution is 5.72. The van der Waals surface area contributed by atoms with Gasteiger partial charge >= 0.3 is 5.97 Å². The maximum Gasteiger partial charge on any atom is 0.320 e. The number of hydrogen-bond acceptors (Lipinski definition) is 2. The molecule has 0 aliphatic carbocycles. The zero-order valence-corrected chi connectivity index (χ0v) is 8.60. The van der Waals surface area contributed by atoms with Crippen LogP contribution in [0.15, 0.2) is 30.3 Å². The Morgan fingerprint density at radius 2 is 1.86 bits per heavy atom. The van der Waals surface area contributed by atoms with Crippen LogP contribution in [0.4, 0.5) is 0 Å². The summed E-state index contributed by atoms with van der Waals surface area (Å²) in [5, 5.41) is 7.87. The van der Waals surface area contributed by atoms with Gasteiger partial charge in [-0.3, -0.25) is 4.79 Å². The summed E-state index contributed by atoms with van der Waals surface area (Å²) in [6.45, 7) is 3.58. The molecule has 0 aliphatic heterocycles. The summed E-state index contributed by atoms with van der Waals surface area (Å²) >= 11 is 0. The number of carboxylic acids is 1. The van der Waals surface area contributed by atoms with E-state index in [0.717, 1.165) is 6.42 Å². The fourth-order valence-electron chi connectivity index (χ4n) is 0.714. The molecule has 1 unspecified atom stereocenters. The van der Waals surface area contributed by atoms with E-state index in [2.05, 4.69) is 31.2 Å². The van der Waals surface area contributed by atoms with Gasteiger partial charge in [0.05, 0.1) is 0 Å². The molecule has 0 fully saturated rings. The van der Waals surface area contributed by atoms with Gasteiger partial charge in [0.25, 0.3) is 0 Å².